The minimum atomic E-state index is -0.811. The summed E-state index contributed by atoms with van der Waals surface area (Å²) >= 11 is 0. The van der Waals surface area contributed by atoms with Gasteiger partial charge in [0.15, 0.2) is 0 Å². The molecule has 6 heteroatoms. The van der Waals surface area contributed by atoms with Gasteiger partial charge in [0, 0.05) is 22.8 Å². The molecule has 1 aliphatic rings. The SMILES string of the molecule is COc1ccc(OC)c(/C=C2\C(=O)Nc3c(F)cc(F)cc32)c1. The fourth-order valence-electron chi connectivity index (χ4n) is 2.47. The quantitative estimate of drug-likeness (QED) is 0.882. The van der Waals surface area contributed by atoms with Crippen LogP contribution in [0.15, 0.2) is 30.3 Å². The molecule has 4 nitrogen and oxygen atoms in total. The maximum absolute atomic E-state index is 13.8. The van der Waals surface area contributed by atoms with Gasteiger partial charge in [-0.1, -0.05) is 0 Å². The number of nitrogens with one attached hydrogen (secondary N) is 1. The lowest BCUT2D eigenvalue weighted by molar-refractivity contribution is -0.110. The summed E-state index contributed by atoms with van der Waals surface area (Å²) in [6.45, 7) is 0. The Morgan fingerprint density at radius 2 is 1.87 bits per heavy atom. The van der Waals surface area contributed by atoms with Gasteiger partial charge in [-0.2, -0.15) is 0 Å². The van der Waals surface area contributed by atoms with Crippen LogP contribution in [0, 0.1) is 11.6 Å². The first-order chi connectivity index (χ1) is 11.0. The summed E-state index contributed by atoms with van der Waals surface area (Å²) in [5.41, 5.74) is 0.876. The Morgan fingerprint density at radius 1 is 1.09 bits per heavy atom. The fourth-order valence-corrected chi connectivity index (χ4v) is 2.47. The van der Waals surface area contributed by atoms with E-state index in [1.165, 1.54) is 20.3 Å². The van der Waals surface area contributed by atoms with Crippen LogP contribution in [-0.2, 0) is 4.79 Å². The zero-order valence-electron chi connectivity index (χ0n) is 12.4. The number of carbonyl (C=O) groups excluding carboxylic acids is 1. The third-order valence-electron chi connectivity index (χ3n) is 3.57. The summed E-state index contributed by atoms with van der Waals surface area (Å²) in [6.07, 6.45) is 1.52. The maximum atomic E-state index is 13.8. The molecule has 2 aromatic rings. The van der Waals surface area contributed by atoms with Gasteiger partial charge in [0.05, 0.1) is 19.9 Å². The molecule has 1 N–H and O–H groups in total. The van der Waals surface area contributed by atoms with E-state index in [1.54, 1.807) is 18.2 Å². The molecule has 0 aliphatic carbocycles. The van der Waals surface area contributed by atoms with Gasteiger partial charge < -0.3 is 14.8 Å². The van der Waals surface area contributed by atoms with Crippen LogP contribution in [-0.4, -0.2) is 20.1 Å². The van der Waals surface area contributed by atoms with E-state index < -0.39 is 17.5 Å². The molecule has 0 fully saturated rings. The van der Waals surface area contributed by atoms with Crippen molar-refractivity contribution in [3.05, 3.63) is 53.1 Å². The second-order valence-corrected chi connectivity index (χ2v) is 4.93. The summed E-state index contributed by atoms with van der Waals surface area (Å²) in [7, 11) is 3.01. The van der Waals surface area contributed by atoms with E-state index in [-0.39, 0.29) is 16.8 Å². The van der Waals surface area contributed by atoms with Crippen LogP contribution >= 0.6 is 0 Å². The number of hydrogen-bond donors (Lipinski definition) is 1. The van der Waals surface area contributed by atoms with Gasteiger partial charge in [-0.05, 0) is 30.3 Å². The van der Waals surface area contributed by atoms with Crippen molar-refractivity contribution in [2.75, 3.05) is 19.5 Å². The van der Waals surface area contributed by atoms with Crippen LogP contribution in [0.3, 0.4) is 0 Å². The van der Waals surface area contributed by atoms with Gasteiger partial charge in [-0.25, -0.2) is 8.78 Å². The number of ether oxygens (including phenoxy) is 2. The highest BCUT2D eigenvalue weighted by molar-refractivity contribution is 6.35. The van der Waals surface area contributed by atoms with E-state index in [1.807, 2.05) is 0 Å². The summed E-state index contributed by atoms with van der Waals surface area (Å²) in [6, 6.07) is 6.92. The van der Waals surface area contributed by atoms with Gasteiger partial charge in [-0.15, -0.1) is 0 Å². The molecule has 1 amide bonds. The minimum Gasteiger partial charge on any atom is -0.497 e. The number of fused-ring (bicyclic) bond motifs is 1. The molecular weight excluding hydrogens is 304 g/mol. The summed E-state index contributed by atoms with van der Waals surface area (Å²) in [4.78, 5) is 12.1. The van der Waals surface area contributed by atoms with Crippen molar-refractivity contribution in [1.82, 2.24) is 0 Å². The lowest BCUT2D eigenvalue weighted by Crippen LogP contribution is -2.04. The van der Waals surface area contributed by atoms with Gasteiger partial charge >= 0.3 is 0 Å². The number of anilines is 1. The first-order valence-electron chi connectivity index (χ1n) is 6.78. The molecule has 0 aromatic heterocycles. The molecule has 0 atom stereocenters. The number of carbonyl (C=O) groups is 1. The topological polar surface area (TPSA) is 47.6 Å². The van der Waals surface area contributed by atoms with E-state index >= 15 is 0 Å². The smallest absolute Gasteiger partial charge is 0.256 e. The summed E-state index contributed by atoms with van der Waals surface area (Å²) < 4.78 is 37.6. The molecule has 0 spiro atoms. The normalized spacial score (nSPS) is 14.6. The molecule has 0 saturated heterocycles. The van der Waals surface area contributed by atoms with Gasteiger partial charge in [0.25, 0.3) is 5.91 Å². The van der Waals surface area contributed by atoms with E-state index in [2.05, 4.69) is 5.32 Å². The number of benzene rings is 2. The molecule has 0 radical (unpaired) electrons. The highest BCUT2D eigenvalue weighted by atomic mass is 19.1. The van der Waals surface area contributed by atoms with Crippen LogP contribution < -0.4 is 14.8 Å². The number of halogens is 2. The Labute approximate surface area is 131 Å². The zero-order valence-corrected chi connectivity index (χ0v) is 12.4. The van der Waals surface area contributed by atoms with Crippen molar-refractivity contribution in [3.8, 4) is 11.5 Å². The average Bonchev–Trinajstić information content (AvgIpc) is 2.84. The van der Waals surface area contributed by atoms with Crippen molar-refractivity contribution in [2.24, 2.45) is 0 Å². The Morgan fingerprint density at radius 3 is 2.57 bits per heavy atom. The second kappa shape index (κ2) is 5.72. The molecule has 118 valence electrons. The molecule has 2 aromatic carbocycles. The summed E-state index contributed by atoms with van der Waals surface area (Å²) in [5.74, 6) is -0.983. The van der Waals surface area contributed by atoms with E-state index in [0.717, 1.165) is 12.1 Å². The lowest BCUT2D eigenvalue weighted by Gasteiger charge is -2.08. The molecule has 0 unspecified atom stereocenters. The molecule has 1 heterocycles. The Bertz CT molecular complexity index is 831. The van der Waals surface area contributed by atoms with Crippen LogP contribution in [0.2, 0.25) is 0 Å². The molecule has 0 saturated carbocycles. The largest absolute Gasteiger partial charge is 0.497 e. The predicted molar refractivity (Wildman–Crippen MR) is 82.4 cm³/mol. The first kappa shape index (κ1) is 15.0. The van der Waals surface area contributed by atoms with Crippen molar-refractivity contribution in [1.29, 1.82) is 0 Å². The maximum Gasteiger partial charge on any atom is 0.256 e. The Balaban J connectivity index is 2.17. The van der Waals surface area contributed by atoms with Crippen LogP contribution in [0.1, 0.15) is 11.1 Å². The van der Waals surface area contributed by atoms with Crippen molar-refractivity contribution >= 4 is 23.2 Å². The third kappa shape index (κ3) is 2.63. The molecule has 0 bridgehead atoms. The van der Waals surface area contributed by atoms with Gasteiger partial charge in [0.1, 0.15) is 23.1 Å². The standard InChI is InChI=1S/C17H13F2NO3/c1-22-11-3-4-15(23-2)9(5-11)6-13-12-7-10(18)8-14(19)16(12)20-17(13)21/h3-8H,1-2H3,(H,20,21)/b13-6-. The van der Waals surface area contributed by atoms with Crippen molar-refractivity contribution in [2.45, 2.75) is 0 Å². The monoisotopic (exact) mass is 317 g/mol. The van der Waals surface area contributed by atoms with Crippen molar-refractivity contribution < 1.29 is 23.0 Å². The molecule has 3 rings (SSSR count). The number of hydrogen-bond acceptors (Lipinski definition) is 3. The minimum absolute atomic E-state index is 0.0236. The fraction of sp³-hybridized carbons (Fsp3) is 0.118. The number of rotatable bonds is 3. The van der Waals surface area contributed by atoms with Crippen LogP contribution in [0.5, 0.6) is 11.5 Å². The first-order valence-corrected chi connectivity index (χ1v) is 6.78. The highest BCUT2D eigenvalue weighted by Crippen LogP contribution is 2.37. The second-order valence-electron chi connectivity index (χ2n) is 4.93. The summed E-state index contributed by atoms with van der Waals surface area (Å²) in [5, 5.41) is 2.41. The zero-order chi connectivity index (χ0) is 16.6. The molecule has 23 heavy (non-hydrogen) atoms. The predicted octanol–water partition coefficient (Wildman–Crippen LogP) is 3.47. The van der Waals surface area contributed by atoms with Crippen LogP contribution in [0.4, 0.5) is 14.5 Å². The van der Waals surface area contributed by atoms with E-state index in [4.69, 9.17) is 9.47 Å². The van der Waals surface area contributed by atoms with E-state index in [0.29, 0.717) is 17.1 Å². The van der Waals surface area contributed by atoms with Crippen molar-refractivity contribution in [3.63, 3.8) is 0 Å². The lowest BCUT2D eigenvalue weighted by atomic mass is 10.0. The van der Waals surface area contributed by atoms with E-state index in [9.17, 15) is 13.6 Å². The molecule has 1 aliphatic heterocycles. The third-order valence-corrected chi connectivity index (χ3v) is 3.57. The Kier molecular flexibility index (Phi) is 3.73. The average molecular weight is 317 g/mol. The number of amides is 1. The Hall–Kier alpha value is -2.89. The van der Waals surface area contributed by atoms with Crippen LogP contribution in [0.25, 0.3) is 11.6 Å². The molecular formula is C17H13F2NO3. The highest BCUT2D eigenvalue weighted by Gasteiger charge is 2.28. The number of methoxy groups -OCH3 is 2. The van der Waals surface area contributed by atoms with Gasteiger partial charge in [-0.3, -0.25) is 4.79 Å². The van der Waals surface area contributed by atoms with Gasteiger partial charge in [0.2, 0.25) is 0 Å².